The Labute approximate surface area is 95.2 Å². The largest absolute Gasteiger partial charge is 0.465 e. The molecule has 0 fully saturated rings. The van der Waals surface area contributed by atoms with Crippen molar-refractivity contribution in [2.75, 3.05) is 6.61 Å². The first-order valence-corrected chi connectivity index (χ1v) is 5.28. The second-order valence-electron chi connectivity index (χ2n) is 2.62. The second-order valence-corrected chi connectivity index (χ2v) is 3.54. The van der Waals surface area contributed by atoms with Crippen LogP contribution in [0, 0.1) is 0 Å². The first kappa shape index (κ1) is 8.48. The van der Waals surface area contributed by atoms with Crippen molar-refractivity contribution in [2.24, 2.45) is 0 Å². The molecule has 0 aliphatic heterocycles. The topological polar surface area (TPSA) is 26.3 Å². The van der Waals surface area contributed by atoms with Gasteiger partial charge >= 0.3 is 5.97 Å². The number of hydrogen-bond donors (Lipinski definition) is 0. The van der Waals surface area contributed by atoms with Crippen LogP contribution >= 0.6 is 15.9 Å². The lowest BCUT2D eigenvalue weighted by atomic mass is 10.1. The molecule has 1 aromatic rings. The van der Waals surface area contributed by atoms with Crippen molar-refractivity contribution in [1.29, 1.82) is 0 Å². The average molecular weight is 259 g/mol. The highest BCUT2D eigenvalue weighted by molar-refractivity contribution is 9.10. The molecule has 0 saturated heterocycles. The molecule has 0 bridgehead atoms. The summed E-state index contributed by atoms with van der Waals surface area (Å²) in [5.41, 5.74) is 0.449. The number of rotatable bonds is 4. The zero-order valence-corrected chi connectivity index (χ0v) is 9.45. The molecule has 14 heavy (non-hydrogen) atoms. The van der Waals surface area contributed by atoms with E-state index in [1.54, 1.807) is 37.3 Å². The molecule has 1 unspecified atom stereocenters. The minimum absolute atomic E-state index is 0.242. The van der Waals surface area contributed by atoms with E-state index in [-0.39, 0.29) is 6.61 Å². The number of esters is 1. The smallest absolute Gasteiger partial charge is 0.320 e. The minimum Gasteiger partial charge on any atom is -0.465 e. The fraction of sp³-hybridized carbons (Fsp3) is 0.364. The van der Waals surface area contributed by atoms with Gasteiger partial charge in [-0.25, -0.2) is 0 Å². The molecule has 0 aliphatic carbocycles. The minimum atomic E-state index is -1.78. The Hall–Kier alpha value is -0.830. The number of alkyl halides is 1. The van der Waals surface area contributed by atoms with E-state index in [1.165, 1.54) is 0 Å². The Kier molecular flexibility index (Phi) is 3.52. The number of ether oxygens (including phenoxy) is 1. The molecule has 0 N–H and O–H groups in total. The van der Waals surface area contributed by atoms with Gasteiger partial charge in [-0.2, -0.15) is 0 Å². The van der Waals surface area contributed by atoms with Crippen molar-refractivity contribution >= 4 is 21.9 Å². The Morgan fingerprint density at radius 3 is 2.79 bits per heavy atom. The Bertz CT molecular complexity index is 354. The van der Waals surface area contributed by atoms with E-state index >= 15 is 0 Å². The third kappa shape index (κ3) is 3.50. The molecule has 0 aromatic heterocycles. The van der Waals surface area contributed by atoms with Crippen LogP contribution in [0.1, 0.15) is 15.2 Å². The van der Waals surface area contributed by atoms with E-state index in [4.69, 9.17) is 7.48 Å². The molecule has 2 nitrogen and oxygen atoms in total. The van der Waals surface area contributed by atoms with E-state index in [0.717, 1.165) is 0 Å². The number of carbonyl (C=O) groups is 1. The average Bonchev–Trinajstić information content (AvgIpc) is 2.29. The summed E-state index contributed by atoms with van der Waals surface area (Å²) >= 11 is 3.05. The third-order valence-corrected chi connectivity index (χ3v) is 2.16. The van der Waals surface area contributed by atoms with Crippen LogP contribution < -0.4 is 0 Å². The molecule has 1 atom stereocenters. The lowest BCUT2D eigenvalue weighted by molar-refractivity contribution is -0.142. The summed E-state index contributed by atoms with van der Waals surface area (Å²) in [6.07, 6.45) is -1.78. The Morgan fingerprint density at radius 1 is 1.57 bits per heavy atom. The summed E-state index contributed by atoms with van der Waals surface area (Å²) in [5.74, 6) is -0.587. The third-order valence-electron chi connectivity index (χ3n) is 1.56. The maximum absolute atomic E-state index is 11.5. The summed E-state index contributed by atoms with van der Waals surface area (Å²) in [7, 11) is 0. The Balaban J connectivity index is 2.89. The molecule has 0 heterocycles. The van der Waals surface area contributed by atoms with Crippen molar-refractivity contribution in [3.8, 4) is 0 Å². The predicted molar refractivity (Wildman–Crippen MR) is 59.5 cm³/mol. The summed E-state index contributed by atoms with van der Waals surface area (Å²) in [6, 6.07) is 8.56. The van der Waals surface area contributed by atoms with Crippen LogP contribution in [0.3, 0.4) is 0 Å². The standard InChI is InChI=1S/C11H13BrO2/c1-2-14-11(13)10(12)8-9-6-4-3-5-7-9/h3-7,10H,2,8H2,1H3/i8D2. The summed E-state index contributed by atoms with van der Waals surface area (Å²) < 4.78 is 20.6. The zero-order chi connectivity index (χ0) is 12.2. The summed E-state index contributed by atoms with van der Waals surface area (Å²) in [4.78, 5) is 10.5. The molecular formula is C11H13BrO2. The van der Waals surface area contributed by atoms with Crippen molar-refractivity contribution < 1.29 is 12.3 Å². The van der Waals surface area contributed by atoms with Crippen LogP contribution in [0.15, 0.2) is 30.3 Å². The van der Waals surface area contributed by atoms with Gasteiger partial charge in [0.15, 0.2) is 0 Å². The quantitative estimate of drug-likeness (QED) is 0.613. The second kappa shape index (κ2) is 5.81. The lowest BCUT2D eigenvalue weighted by Gasteiger charge is -2.08. The summed E-state index contributed by atoms with van der Waals surface area (Å²) in [6.45, 7) is 1.93. The normalized spacial score (nSPS) is 15.3. The summed E-state index contributed by atoms with van der Waals surface area (Å²) in [5, 5.41) is 0. The monoisotopic (exact) mass is 258 g/mol. The van der Waals surface area contributed by atoms with Crippen LogP contribution in [0.25, 0.3) is 0 Å². The van der Waals surface area contributed by atoms with Gasteiger partial charge in [0.1, 0.15) is 4.83 Å². The SMILES string of the molecule is [2H]C([2H])(c1ccccc1)C(Br)C(=O)OCC. The fourth-order valence-electron chi connectivity index (χ4n) is 0.955. The number of hydrogen-bond acceptors (Lipinski definition) is 2. The van der Waals surface area contributed by atoms with Crippen molar-refractivity contribution in [3.63, 3.8) is 0 Å². The van der Waals surface area contributed by atoms with Gasteiger partial charge < -0.3 is 4.74 Å². The van der Waals surface area contributed by atoms with Crippen molar-refractivity contribution in [1.82, 2.24) is 0 Å². The first-order chi connectivity index (χ1) is 7.50. The first-order valence-electron chi connectivity index (χ1n) is 5.36. The van der Waals surface area contributed by atoms with E-state index in [1.807, 2.05) is 0 Å². The fourth-order valence-corrected chi connectivity index (χ4v) is 1.35. The Morgan fingerprint density at radius 2 is 2.21 bits per heavy atom. The van der Waals surface area contributed by atoms with Crippen LogP contribution in [0.2, 0.25) is 0 Å². The predicted octanol–water partition coefficient (Wildman–Crippen LogP) is 2.56. The molecule has 0 spiro atoms. The van der Waals surface area contributed by atoms with Gasteiger partial charge in [-0.3, -0.25) is 4.79 Å². The number of halogens is 1. The number of carbonyl (C=O) groups excluding carboxylic acids is 1. The van der Waals surface area contributed by atoms with E-state index in [9.17, 15) is 4.79 Å². The van der Waals surface area contributed by atoms with Gasteiger partial charge in [0, 0.05) is 2.74 Å². The van der Waals surface area contributed by atoms with E-state index in [0.29, 0.717) is 5.56 Å². The molecule has 0 amide bonds. The zero-order valence-electron chi connectivity index (χ0n) is 9.87. The molecule has 76 valence electrons. The highest BCUT2D eigenvalue weighted by Gasteiger charge is 2.15. The van der Waals surface area contributed by atoms with Gasteiger partial charge in [-0.15, -0.1) is 0 Å². The van der Waals surface area contributed by atoms with Crippen LogP contribution in [0.4, 0.5) is 0 Å². The van der Waals surface area contributed by atoms with Gasteiger partial charge in [0.05, 0.1) is 6.61 Å². The number of benzene rings is 1. The molecule has 0 saturated carbocycles. The van der Waals surface area contributed by atoms with Crippen LogP contribution in [-0.4, -0.2) is 17.4 Å². The van der Waals surface area contributed by atoms with Crippen LogP contribution in [0.5, 0.6) is 0 Å². The van der Waals surface area contributed by atoms with E-state index in [2.05, 4.69) is 15.9 Å². The van der Waals surface area contributed by atoms with Crippen molar-refractivity contribution in [3.05, 3.63) is 35.9 Å². The molecule has 3 heteroatoms. The highest BCUT2D eigenvalue weighted by atomic mass is 79.9. The van der Waals surface area contributed by atoms with Gasteiger partial charge in [0.25, 0.3) is 0 Å². The highest BCUT2D eigenvalue weighted by Crippen LogP contribution is 2.11. The molecule has 1 rings (SSSR count). The van der Waals surface area contributed by atoms with Crippen molar-refractivity contribution in [2.45, 2.75) is 18.1 Å². The maximum atomic E-state index is 11.5. The van der Waals surface area contributed by atoms with Gasteiger partial charge in [-0.1, -0.05) is 46.3 Å². The van der Waals surface area contributed by atoms with E-state index < -0.39 is 17.2 Å². The lowest BCUT2D eigenvalue weighted by Crippen LogP contribution is -2.19. The molecular weight excluding hydrogens is 244 g/mol. The van der Waals surface area contributed by atoms with Gasteiger partial charge in [0.2, 0.25) is 0 Å². The molecule has 1 aromatic carbocycles. The van der Waals surface area contributed by atoms with Crippen LogP contribution in [-0.2, 0) is 15.9 Å². The molecule has 0 aliphatic rings. The maximum Gasteiger partial charge on any atom is 0.320 e. The molecule has 0 radical (unpaired) electrons. The van der Waals surface area contributed by atoms with Gasteiger partial charge in [-0.05, 0) is 18.9 Å².